The molecule has 17 heavy (non-hydrogen) atoms. The molecule has 0 aliphatic heterocycles. The first-order valence-electron chi connectivity index (χ1n) is 7.08. The van der Waals surface area contributed by atoms with Gasteiger partial charge >= 0.3 is 0 Å². The fraction of sp³-hybridized carbons (Fsp3) is 1.00. The van der Waals surface area contributed by atoms with Crippen LogP contribution in [-0.4, -0.2) is 34.6 Å². The largest absolute Gasteiger partial charge is 0.393 e. The molecule has 0 amide bonds. The molecule has 2 N–H and O–H groups in total. The van der Waals surface area contributed by atoms with E-state index in [2.05, 4.69) is 13.8 Å². The van der Waals surface area contributed by atoms with E-state index in [1.165, 1.54) is 0 Å². The van der Waals surface area contributed by atoms with Crippen LogP contribution in [0, 0.1) is 11.8 Å². The van der Waals surface area contributed by atoms with E-state index in [9.17, 15) is 10.2 Å². The van der Waals surface area contributed by atoms with Crippen molar-refractivity contribution in [3.05, 3.63) is 0 Å². The second kappa shape index (κ2) is 5.68. The molecule has 2 rings (SSSR count). The van der Waals surface area contributed by atoms with Crippen LogP contribution in [0.4, 0.5) is 0 Å². The molecule has 0 spiro atoms. The molecule has 2 unspecified atom stereocenters. The Hall–Kier alpha value is -0.120. The quantitative estimate of drug-likeness (QED) is 0.779. The Bertz CT molecular complexity index is 224. The number of rotatable bonds is 2. The molecule has 2 saturated carbocycles. The minimum Gasteiger partial charge on any atom is -0.393 e. The molecule has 0 heterocycles. The van der Waals surface area contributed by atoms with Gasteiger partial charge in [0.05, 0.1) is 24.4 Å². The molecule has 2 aliphatic rings. The molecular weight excluding hydrogens is 216 g/mol. The number of hydrogen-bond acceptors (Lipinski definition) is 3. The van der Waals surface area contributed by atoms with Crippen molar-refractivity contribution < 1.29 is 14.9 Å². The SMILES string of the molecule is CC1CC(O)CC(C)C1OC1CCC(O)CC1. The zero-order valence-corrected chi connectivity index (χ0v) is 11.0. The normalized spacial score (nSPS) is 48.0. The summed E-state index contributed by atoms with van der Waals surface area (Å²) in [5.41, 5.74) is 0. The Labute approximate surface area is 104 Å². The number of ether oxygens (including phenoxy) is 1. The van der Waals surface area contributed by atoms with E-state index in [1.807, 2.05) is 0 Å². The summed E-state index contributed by atoms with van der Waals surface area (Å²) in [5.74, 6) is 0.890. The van der Waals surface area contributed by atoms with E-state index in [0.717, 1.165) is 38.5 Å². The zero-order valence-electron chi connectivity index (χ0n) is 11.0. The van der Waals surface area contributed by atoms with Crippen molar-refractivity contribution in [2.75, 3.05) is 0 Å². The van der Waals surface area contributed by atoms with E-state index in [4.69, 9.17) is 4.74 Å². The molecule has 0 aromatic carbocycles. The summed E-state index contributed by atoms with van der Waals surface area (Å²) in [4.78, 5) is 0. The van der Waals surface area contributed by atoms with Crippen molar-refractivity contribution in [1.29, 1.82) is 0 Å². The van der Waals surface area contributed by atoms with Crippen LogP contribution in [-0.2, 0) is 4.74 Å². The van der Waals surface area contributed by atoms with Gasteiger partial charge in [0.2, 0.25) is 0 Å². The van der Waals surface area contributed by atoms with Crippen LogP contribution in [0.25, 0.3) is 0 Å². The highest BCUT2D eigenvalue weighted by atomic mass is 16.5. The van der Waals surface area contributed by atoms with Gasteiger partial charge in [-0.2, -0.15) is 0 Å². The summed E-state index contributed by atoms with van der Waals surface area (Å²) >= 11 is 0. The third kappa shape index (κ3) is 3.43. The predicted molar refractivity (Wildman–Crippen MR) is 66.7 cm³/mol. The highest BCUT2D eigenvalue weighted by molar-refractivity contribution is 4.84. The second-order valence-corrected chi connectivity index (χ2v) is 6.11. The van der Waals surface area contributed by atoms with Crippen LogP contribution in [0.1, 0.15) is 52.4 Å². The van der Waals surface area contributed by atoms with Gasteiger partial charge in [0.15, 0.2) is 0 Å². The van der Waals surface area contributed by atoms with Crippen molar-refractivity contribution in [3.63, 3.8) is 0 Å². The Morgan fingerprint density at radius 3 is 1.88 bits per heavy atom. The maximum atomic E-state index is 9.72. The van der Waals surface area contributed by atoms with Gasteiger partial charge in [-0.25, -0.2) is 0 Å². The van der Waals surface area contributed by atoms with Gasteiger partial charge in [0.25, 0.3) is 0 Å². The van der Waals surface area contributed by atoms with Crippen LogP contribution >= 0.6 is 0 Å². The second-order valence-electron chi connectivity index (χ2n) is 6.11. The number of aliphatic hydroxyl groups excluding tert-OH is 2. The van der Waals surface area contributed by atoms with E-state index in [0.29, 0.717) is 24.0 Å². The summed E-state index contributed by atoms with van der Waals surface area (Å²) < 4.78 is 6.23. The minimum atomic E-state index is -0.145. The Morgan fingerprint density at radius 2 is 1.35 bits per heavy atom. The molecule has 0 saturated heterocycles. The molecule has 2 fully saturated rings. The van der Waals surface area contributed by atoms with Crippen molar-refractivity contribution in [2.24, 2.45) is 11.8 Å². The Balaban J connectivity index is 1.85. The molecule has 0 radical (unpaired) electrons. The van der Waals surface area contributed by atoms with Gasteiger partial charge in [0, 0.05) is 0 Å². The van der Waals surface area contributed by atoms with Crippen LogP contribution < -0.4 is 0 Å². The highest BCUT2D eigenvalue weighted by Crippen LogP contribution is 2.34. The Kier molecular flexibility index (Phi) is 4.45. The third-order valence-electron chi connectivity index (χ3n) is 4.40. The van der Waals surface area contributed by atoms with Crippen molar-refractivity contribution in [1.82, 2.24) is 0 Å². The lowest BCUT2D eigenvalue weighted by Gasteiger charge is -2.40. The van der Waals surface area contributed by atoms with Crippen molar-refractivity contribution in [3.8, 4) is 0 Å². The van der Waals surface area contributed by atoms with Crippen molar-refractivity contribution >= 4 is 0 Å². The first-order chi connectivity index (χ1) is 8.06. The summed E-state index contributed by atoms with van der Waals surface area (Å²) in [6.07, 6.45) is 5.81. The molecule has 100 valence electrons. The van der Waals surface area contributed by atoms with Gasteiger partial charge < -0.3 is 14.9 Å². The molecule has 2 atom stereocenters. The lowest BCUT2D eigenvalue weighted by atomic mass is 9.78. The predicted octanol–water partition coefficient (Wildman–Crippen LogP) is 2.10. The fourth-order valence-electron chi connectivity index (χ4n) is 3.46. The van der Waals surface area contributed by atoms with Gasteiger partial charge in [-0.3, -0.25) is 0 Å². The Morgan fingerprint density at radius 1 is 0.824 bits per heavy atom. The standard InChI is InChI=1S/C14H26O3/c1-9-7-12(16)8-10(2)14(9)17-13-5-3-11(15)4-6-13/h9-16H,3-8H2,1-2H3. The summed E-state index contributed by atoms with van der Waals surface area (Å²) in [6.45, 7) is 4.36. The molecule has 0 aromatic heterocycles. The summed E-state index contributed by atoms with van der Waals surface area (Å²) in [7, 11) is 0. The van der Waals surface area contributed by atoms with E-state index in [1.54, 1.807) is 0 Å². The van der Waals surface area contributed by atoms with Gasteiger partial charge in [-0.05, 0) is 50.4 Å². The molecular formula is C14H26O3. The topological polar surface area (TPSA) is 49.7 Å². The average molecular weight is 242 g/mol. The fourth-order valence-corrected chi connectivity index (χ4v) is 3.46. The van der Waals surface area contributed by atoms with Crippen LogP contribution in [0.5, 0.6) is 0 Å². The lowest BCUT2D eigenvalue weighted by Crippen LogP contribution is -2.41. The van der Waals surface area contributed by atoms with Crippen LogP contribution in [0.2, 0.25) is 0 Å². The molecule has 0 aromatic rings. The van der Waals surface area contributed by atoms with E-state index >= 15 is 0 Å². The smallest absolute Gasteiger partial charge is 0.0631 e. The highest BCUT2D eigenvalue weighted by Gasteiger charge is 2.35. The minimum absolute atomic E-state index is 0.113. The van der Waals surface area contributed by atoms with Crippen LogP contribution in [0.15, 0.2) is 0 Å². The zero-order chi connectivity index (χ0) is 12.4. The third-order valence-corrected chi connectivity index (χ3v) is 4.40. The van der Waals surface area contributed by atoms with Crippen molar-refractivity contribution in [2.45, 2.75) is 76.8 Å². The average Bonchev–Trinajstić information content (AvgIpc) is 2.26. The maximum absolute atomic E-state index is 9.72. The number of aliphatic hydroxyl groups is 2. The van der Waals surface area contributed by atoms with Gasteiger partial charge in [-0.15, -0.1) is 0 Å². The molecule has 3 heteroatoms. The van der Waals surface area contributed by atoms with Gasteiger partial charge in [0.1, 0.15) is 0 Å². The van der Waals surface area contributed by atoms with E-state index < -0.39 is 0 Å². The molecule has 0 bridgehead atoms. The monoisotopic (exact) mass is 242 g/mol. The first kappa shape index (κ1) is 13.3. The maximum Gasteiger partial charge on any atom is 0.0631 e. The number of hydrogen-bond donors (Lipinski definition) is 2. The first-order valence-corrected chi connectivity index (χ1v) is 7.08. The van der Waals surface area contributed by atoms with Gasteiger partial charge in [-0.1, -0.05) is 13.8 Å². The lowest BCUT2D eigenvalue weighted by molar-refractivity contribution is -0.118. The molecule has 3 nitrogen and oxygen atoms in total. The summed E-state index contributed by atoms with van der Waals surface area (Å²) in [5, 5.41) is 19.2. The summed E-state index contributed by atoms with van der Waals surface area (Å²) in [6, 6.07) is 0. The van der Waals surface area contributed by atoms with Crippen LogP contribution in [0.3, 0.4) is 0 Å². The molecule has 2 aliphatic carbocycles. The van der Waals surface area contributed by atoms with E-state index in [-0.39, 0.29) is 12.2 Å².